The van der Waals surface area contributed by atoms with Crippen LogP contribution in [0.3, 0.4) is 0 Å². The van der Waals surface area contributed by atoms with E-state index in [2.05, 4.69) is 5.32 Å². The van der Waals surface area contributed by atoms with E-state index in [0.29, 0.717) is 19.8 Å². The minimum atomic E-state index is -2.28. The van der Waals surface area contributed by atoms with E-state index in [9.17, 15) is 8.78 Å². The van der Waals surface area contributed by atoms with Crippen molar-refractivity contribution in [3.05, 3.63) is 0 Å². The Kier molecular flexibility index (Phi) is 7.29. The lowest BCUT2D eigenvalue weighted by molar-refractivity contribution is 0.102. The van der Waals surface area contributed by atoms with Crippen LogP contribution in [0.15, 0.2) is 0 Å². The molecule has 0 aromatic rings. The topological polar surface area (TPSA) is 21.3 Å². The molecule has 74 valence electrons. The van der Waals surface area contributed by atoms with Gasteiger partial charge in [-0.05, 0) is 26.8 Å². The molecule has 1 atom stereocenters. The zero-order valence-electron chi connectivity index (χ0n) is 7.65. The summed E-state index contributed by atoms with van der Waals surface area (Å²) < 4.78 is 28.9. The molecule has 0 aromatic carbocycles. The molecule has 0 rings (SSSR count). The summed E-state index contributed by atoms with van der Waals surface area (Å²) in [5, 5.41) is 2.71. The van der Waals surface area contributed by atoms with E-state index >= 15 is 0 Å². The Morgan fingerprint density at radius 3 is 2.58 bits per heavy atom. The third-order valence-electron chi connectivity index (χ3n) is 1.51. The fourth-order valence-electron chi connectivity index (χ4n) is 0.737. The molecule has 0 aliphatic rings. The minimum absolute atomic E-state index is 0.589. The molecule has 0 bridgehead atoms. The van der Waals surface area contributed by atoms with Crippen molar-refractivity contribution >= 4 is 0 Å². The fourth-order valence-corrected chi connectivity index (χ4v) is 0.737. The number of alkyl halides is 2. The Labute approximate surface area is 72.3 Å². The number of hydrogen-bond acceptors (Lipinski definition) is 2. The Bertz CT molecular complexity index is 101. The highest BCUT2D eigenvalue weighted by molar-refractivity contribution is 4.61. The summed E-state index contributed by atoms with van der Waals surface area (Å²) in [4.78, 5) is 0. The molecule has 0 fully saturated rings. The van der Waals surface area contributed by atoms with Gasteiger partial charge in [-0.3, -0.25) is 0 Å². The Balaban J connectivity index is 3.08. The minimum Gasteiger partial charge on any atom is -0.382 e. The third kappa shape index (κ3) is 6.49. The third-order valence-corrected chi connectivity index (χ3v) is 1.51. The predicted octanol–water partition coefficient (Wildman–Crippen LogP) is 1.66. The van der Waals surface area contributed by atoms with Crippen molar-refractivity contribution in [3.63, 3.8) is 0 Å². The second kappa shape index (κ2) is 7.43. The quantitative estimate of drug-likeness (QED) is 0.603. The molecule has 0 saturated heterocycles. The second-order valence-electron chi connectivity index (χ2n) is 2.63. The van der Waals surface area contributed by atoms with E-state index < -0.39 is 12.5 Å². The van der Waals surface area contributed by atoms with Crippen LogP contribution in [0.1, 0.15) is 20.3 Å². The van der Waals surface area contributed by atoms with Crippen LogP contribution >= 0.6 is 0 Å². The summed E-state index contributed by atoms with van der Waals surface area (Å²) in [5.41, 5.74) is 0. The van der Waals surface area contributed by atoms with Crippen LogP contribution in [-0.4, -0.2) is 32.2 Å². The molecule has 0 amide bonds. The van der Waals surface area contributed by atoms with Gasteiger partial charge in [0.2, 0.25) is 0 Å². The number of ether oxygens (including phenoxy) is 1. The lowest BCUT2D eigenvalue weighted by atomic mass is 10.3. The smallest absolute Gasteiger partial charge is 0.253 e. The average molecular weight is 181 g/mol. The van der Waals surface area contributed by atoms with Crippen LogP contribution in [0.4, 0.5) is 8.78 Å². The lowest BCUT2D eigenvalue weighted by Gasteiger charge is -2.11. The molecule has 0 saturated carbocycles. The maximum Gasteiger partial charge on any atom is 0.253 e. The van der Waals surface area contributed by atoms with E-state index in [4.69, 9.17) is 4.74 Å². The zero-order chi connectivity index (χ0) is 9.40. The van der Waals surface area contributed by atoms with Gasteiger partial charge >= 0.3 is 0 Å². The normalized spacial score (nSPS) is 13.8. The van der Waals surface area contributed by atoms with E-state index in [1.807, 2.05) is 6.92 Å². The first kappa shape index (κ1) is 11.8. The van der Waals surface area contributed by atoms with Gasteiger partial charge in [0.25, 0.3) is 6.43 Å². The van der Waals surface area contributed by atoms with Gasteiger partial charge in [0.05, 0.1) is 6.04 Å². The largest absolute Gasteiger partial charge is 0.382 e. The fraction of sp³-hybridized carbons (Fsp3) is 1.00. The molecule has 12 heavy (non-hydrogen) atoms. The summed E-state index contributed by atoms with van der Waals surface area (Å²) in [6.45, 7) is 5.30. The number of nitrogens with one attached hydrogen (secondary N) is 1. The average Bonchev–Trinajstić information content (AvgIpc) is 2.03. The first-order chi connectivity index (χ1) is 5.68. The number of hydrogen-bond donors (Lipinski definition) is 1. The van der Waals surface area contributed by atoms with Crippen LogP contribution < -0.4 is 5.32 Å². The van der Waals surface area contributed by atoms with Gasteiger partial charge in [-0.2, -0.15) is 0 Å². The summed E-state index contributed by atoms with van der Waals surface area (Å²) >= 11 is 0. The monoisotopic (exact) mass is 181 g/mol. The molecule has 0 aliphatic heterocycles. The molecular weight excluding hydrogens is 164 g/mol. The molecule has 4 heteroatoms. The first-order valence-electron chi connectivity index (χ1n) is 4.27. The van der Waals surface area contributed by atoms with Crippen molar-refractivity contribution in [1.29, 1.82) is 0 Å². The standard InChI is InChI=1S/C8H17F2NO/c1-3-12-6-4-5-11-7(2)8(9)10/h7-8,11H,3-6H2,1-2H3. The highest BCUT2D eigenvalue weighted by Crippen LogP contribution is 1.98. The van der Waals surface area contributed by atoms with Gasteiger partial charge < -0.3 is 10.1 Å². The van der Waals surface area contributed by atoms with Crippen molar-refractivity contribution in [3.8, 4) is 0 Å². The highest BCUT2D eigenvalue weighted by atomic mass is 19.3. The highest BCUT2D eigenvalue weighted by Gasteiger charge is 2.12. The molecule has 0 spiro atoms. The van der Waals surface area contributed by atoms with Crippen molar-refractivity contribution in [2.45, 2.75) is 32.7 Å². The Hall–Kier alpha value is -0.220. The van der Waals surface area contributed by atoms with Crippen molar-refractivity contribution in [2.75, 3.05) is 19.8 Å². The van der Waals surface area contributed by atoms with Crippen molar-refractivity contribution in [2.24, 2.45) is 0 Å². The van der Waals surface area contributed by atoms with Crippen molar-refractivity contribution < 1.29 is 13.5 Å². The lowest BCUT2D eigenvalue weighted by Crippen LogP contribution is -2.33. The molecular formula is C8H17F2NO. The molecule has 2 nitrogen and oxygen atoms in total. The van der Waals surface area contributed by atoms with E-state index in [1.54, 1.807) is 0 Å². The summed E-state index contributed by atoms with van der Waals surface area (Å²) in [6.07, 6.45) is -1.50. The maximum absolute atomic E-state index is 11.9. The summed E-state index contributed by atoms with van der Waals surface area (Å²) in [6, 6.07) is -0.716. The van der Waals surface area contributed by atoms with Gasteiger partial charge in [0, 0.05) is 13.2 Å². The molecule has 0 aliphatic carbocycles. The maximum atomic E-state index is 11.9. The SMILES string of the molecule is CCOCCCNC(C)C(F)F. The summed E-state index contributed by atoms with van der Waals surface area (Å²) in [7, 11) is 0. The van der Waals surface area contributed by atoms with E-state index in [1.165, 1.54) is 6.92 Å². The summed E-state index contributed by atoms with van der Waals surface area (Å²) in [5.74, 6) is 0. The molecule has 0 radical (unpaired) electrons. The van der Waals surface area contributed by atoms with Crippen molar-refractivity contribution in [1.82, 2.24) is 5.32 Å². The molecule has 1 unspecified atom stereocenters. The van der Waals surface area contributed by atoms with Gasteiger partial charge in [-0.25, -0.2) is 8.78 Å². The van der Waals surface area contributed by atoms with Crippen LogP contribution in [0.25, 0.3) is 0 Å². The Morgan fingerprint density at radius 1 is 1.42 bits per heavy atom. The van der Waals surface area contributed by atoms with Gasteiger partial charge in [0.15, 0.2) is 0 Å². The Morgan fingerprint density at radius 2 is 2.08 bits per heavy atom. The molecule has 1 N–H and O–H groups in total. The van der Waals surface area contributed by atoms with E-state index in [-0.39, 0.29) is 0 Å². The van der Waals surface area contributed by atoms with Crippen LogP contribution in [0.2, 0.25) is 0 Å². The van der Waals surface area contributed by atoms with Crippen LogP contribution in [0, 0.1) is 0 Å². The predicted molar refractivity (Wildman–Crippen MR) is 44.6 cm³/mol. The number of rotatable bonds is 7. The van der Waals surface area contributed by atoms with E-state index in [0.717, 1.165) is 6.42 Å². The van der Waals surface area contributed by atoms with Gasteiger partial charge in [-0.1, -0.05) is 0 Å². The zero-order valence-corrected chi connectivity index (χ0v) is 7.65. The second-order valence-corrected chi connectivity index (χ2v) is 2.63. The number of halogens is 2. The molecule has 0 aromatic heterocycles. The van der Waals surface area contributed by atoms with Gasteiger partial charge in [0.1, 0.15) is 0 Å². The van der Waals surface area contributed by atoms with Crippen LogP contribution in [0.5, 0.6) is 0 Å². The first-order valence-corrected chi connectivity index (χ1v) is 4.27. The van der Waals surface area contributed by atoms with Crippen LogP contribution in [-0.2, 0) is 4.74 Å². The molecule has 0 heterocycles. The van der Waals surface area contributed by atoms with Gasteiger partial charge in [-0.15, -0.1) is 0 Å².